The largest absolute Gasteiger partial charge is 0.370 e. The normalized spacial score (nSPS) is 10.6. The van der Waals surface area contributed by atoms with Crippen molar-refractivity contribution in [3.63, 3.8) is 0 Å². The molecule has 28 heavy (non-hydrogen) atoms. The van der Waals surface area contributed by atoms with E-state index in [1.807, 2.05) is 31.2 Å². The number of amides is 1. The van der Waals surface area contributed by atoms with Gasteiger partial charge in [-0.1, -0.05) is 36.0 Å². The van der Waals surface area contributed by atoms with Crippen LogP contribution in [0.4, 0.5) is 17.2 Å². The topological polar surface area (TPSA) is 110 Å². The van der Waals surface area contributed by atoms with E-state index in [-0.39, 0.29) is 23.7 Å². The van der Waals surface area contributed by atoms with E-state index in [4.69, 9.17) is 0 Å². The molecule has 0 radical (unpaired) electrons. The van der Waals surface area contributed by atoms with Gasteiger partial charge in [0.15, 0.2) is 5.16 Å². The maximum Gasteiger partial charge on any atom is 0.292 e. The zero-order chi connectivity index (χ0) is 19.9. The van der Waals surface area contributed by atoms with Gasteiger partial charge in [-0.2, -0.15) is 0 Å². The Labute approximate surface area is 165 Å². The van der Waals surface area contributed by atoms with Crippen molar-refractivity contribution in [2.45, 2.75) is 18.5 Å². The molecule has 1 amide bonds. The number of nitrogens with zero attached hydrogens (tertiary/aromatic N) is 3. The lowest BCUT2D eigenvalue weighted by molar-refractivity contribution is -0.383. The summed E-state index contributed by atoms with van der Waals surface area (Å²) in [6, 6.07) is 13.8. The molecule has 0 saturated carbocycles. The number of nitro benzene ring substituents is 1. The summed E-state index contributed by atoms with van der Waals surface area (Å²) >= 11 is 1.37. The van der Waals surface area contributed by atoms with Gasteiger partial charge in [-0.15, -0.1) is 0 Å². The first-order valence-corrected chi connectivity index (χ1v) is 9.73. The van der Waals surface area contributed by atoms with Crippen molar-refractivity contribution in [2.24, 2.45) is 0 Å². The second kappa shape index (κ2) is 9.14. The number of para-hydroxylation sites is 3. The van der Waals surface area contributed by atoms with Crippen LogP contribution < -0.4 is 10.6 Å². The summed E-state index contributed by atoms with van der Waals surface area (Å²) in [5.74, 6) is 0.922. The number of rotatable bonds is 8. The van der Waals surface area contributed by atoms with Crippen LogP contribution in [0.1, 0.15) is 13.3 Å². The van der Waals surface area contributed by atoms with Gasteiger partial charge in [-0.05, 0) is 25.1 Å². The maximum absolute atomic E-state index is 12.2. The molecule has 2 N–H and O–H groups in total. The molecule has 3 aromatic rings. The fraction of sp³-hybridized carbons (Fsp3) is 0.211. The lowest BCUT2D eigenvalue weighted by Gasteiger charge is -2.09. The molecule has 0 aliphatic rings. The number of hydrogen-bond acceptors (Lipinski definition) is 7. The van der Waals surface area contributed by atoms with E-state index in [0.29, 0.717) is 10.9 Å². The second-order valence-corrected chi connectivity index (χ2v) is 6.89. The highest BCUT2D eigenvalue weighted by atomic mass is 32.2. The molecule has 0 aliphatic carbocycles. The molecule has 9 heteroatoms. The zero-order valence-electron chi connectivity index (χ0n) is 15.2. The molecule has 1 heterocycles. The molecule has 0 bridgehead atoms. The first-order valence-electron chi connectivity index (χ1n) is 8.75. The van der Waals surface area contributed by atoms with E-state index in [1.54, 1.807) is 12.1 Å². The van der Waals surface area contributed by atoms with Gasteiger partial charge in [-0.25, -0.2) is 9.97 Å². The molecular formula is C19H19N5O3S. The van der Waals surface area contributed by atoms with Crippen LogP contribution in [0.5, 0.6) is 0 Å². The molecule has 144 valence electrons. The Kier molecular flexibility index (Phi) is 6.38. The number of carbonyl (C=O) groups excluding carboxylic acids is 1. The first-order chi connectivity index (χ1) is 13.6. The molecule has 3 rings (SSSR count). The molecular weight excluding hydrogens is 378 g/mol. The summed E-state index contributed by atoms with van der Waals surface area (Å²) in [7, 11) is 0. The fourth-order valence-corrected chi connectivity index (χ4v) is 3.40. The number of benzene rings is 2. The van der Waals surface area contributed by atoms with Gasteiger partial charge in [0.1, 0.15) is 11.5 Å². The van der Waals surface area contributed by atoms with Crippen molar-refractivity contribution in [2.75, 3.05) is 22.9 Å². The monoisotopic (exact) mass is 397 g/mol. The average molecular weight is 397 g/mol. The third-order valence-electron chi connectivity index (χ3n) is 3.86. The van der Waals surface area contributed by atoms with Crippen LogP contribution in [0.3, 0.4) is 0 Å². The molecule has 0 fully saturated rings. The summed E-state index contributed by atoms with van der Waals surface area (Å²) in [5.41, 5.74) is 0.899. The van der Waals surface area contributed by atoms with E-state index >= 15 is 0 Å². The highest BCUT2D eigenvalue weighted by Crippen LogP contribution is 2.26. The number of anilines is 2. The molecule has 0 spiro atoms. The zero-order valence-corrected chi connectivity index (χ0v) is 16.0. The molecule has 0 atom stereocenters. The summed E-state index contributed by atoms with van der Waals surface area (Å²) in [4.78, 5) is 31.7. The van der Waals surface area contributed by atoms with Crippen molar-refractivity contribution < 1.29 is 9.72 Å². The lowest BCUT2D eigenvalue weighted by Crippen LogP contribution is -2.13. The quantitative estimate of drug-likeness (QED) is 0.255. The number of nitro groups is 1. The molecule has 0 saturated heterocycles. The highest BCUT2D eigenvalue weighted by Gasteiger charge is 2.15. The minimum absolute atomic E-state index is 0.128. The number of hydrogen-bond donors (Lipinski definition) is 2. The predicted molar refractivity (Wildman–Crippen MR) is 111 cm³/mol. The fourth-order valence-electron chi connectivity index (χ4n) is 2.61. The third kappa shape index (κ3) is 4.74. The maximum atomic E-state index is 12.2. The van der Waals surface area contributed by atoms with E-state index in [9.17, 15) is 14.9 Å². The van der Waals surface area contributed by atoms with Gasteiger partial charge in [0.05, 0.1) is 10.4 Å². The predicted octanol–water partition coefficient (Wildman–Crippen LogP) is 4.09. The SMILES string of the molecule is CCNc1nc(SCCC(=O)Nc2ccccc2[N+](=O)[O-])nc2ccccc12. The summed E-state index contributed by atoms with van der Waals surface area (Å²) < 4.78 is 0. The van der Waals surface area contributed by atoms with E-state index in [0.717, 1.165) is 23.3 Å². The standard InChI is InChI=1S/C19H19N5O3S/c1-2-20-18-13-7-3-4-8-14(13)22-19(23-18)28-12-11-17(25)21-15-9-5-6-10-16(15)24(26)27/h3-10H,2,11-12H2,1H3,(H,21,25)(H,20,22,23). The Hall–Kier alpha value is -3.20. The minimum atomic E-state index is -0.518. The first kappa shape index (κ1) is 19.6. The second-order valence-electron chi connectivity index (χ2n) is 5.82. The van der Waals surface area contributed by atoms with Crippen LogP contribution in [0, 0.1) is 10.1 Å². The Bertz CT molecular complexity index is 1010. The molecule has 1 aromatic heterocycles. The van der Waals surface area contributed by atoms with Crippen LogP contribution in [0.25, 0.3) is 10.9 Å². The Morgan fingerprint density at radius 3 is 2.68 bits per heavy atom. The van der Waals surface area contributed by atoms with Crippen molar-refractivity contribution in [3.8, 4) is 0 Å². The van der Waals surface area contributed by atoms with E-state index in [2.05, 4.69) is 20.6 Å². The van der Waals surface area contributed by atoms with Crippen LogP contribution in [0.15, 0.2) is 53.7 Å². The molecule has 0 unspecified atom stereocenters. The van der Waals surface area contributed by atoms with Gasteiger partial charge < -0.3 is 10.6 Å². The molecule has 8 nitrogen and oxygen atoms in total. The van der Waals surface area contributed by atoms with Crippen LogP contribution in [0.2, 0.25) is 0 Å². The lowest BCUT2D eigenvalue weighted by atomic mass is 10.2. The highest BCUT2D eigenvalue weighted by molar-refractivity contribution is 7.99. The van der Waals surface area contributed by atoms with Crippen LogP contribution >= 0.6 is 11.8 Å². The van der Waals surface area contributed by atoms with Gasteiger partial charge in [0.25, 0.3) is 5.69 Å². The summed E-state index contributed by atoms with van der Waals surface area (Å²) in [6.45, 7) is 2.74. The smallest absolute Gasteiger partial charge is 0.292 e. The van der Waals surface area contributed by atoms with Crippen LogP contribution in [-0.4, -0.2) is 33.1 Å². The number of fused-ring (bicyclic) bond motifs is 1. The van der Waals surface area contributed by atoms with Crippen molar-refractivity contribution in [1.82, 2.24) is 9.97 Å². The van der Waals surface area contributed by atoms with E-state index in [1.165, 1.54) is 23.9 Å². The van der Waals surface area contributed by atoms with Gasteiger partial charge in [0, 0.05) is 30.2 Å². The Morgan fingerprint density at radius 2 is 1.89 bits per heavy atom. The van der Waals surface area contributed by atoms with Crippen molar-refractivity contribution >= 4 is 45.8 Å². The van der Waals surface area contributed by atoms with Crippen molar-refractivity contribution in [1.29, 1.82) is 0 Å². The van der Waals surface area contributed by atoms with Crippen LogP contribution in [-0.2, 0) is 4.79 Å². The number of carbonyl (C=O) groups is 1. The van der Waals surface area contributed by atoms with Crippen molar-refractivity contribution in [3.05, 3.63) is 58.6 Å². The Balaban J connectivity index is 1.63. The number of aromatic nitrogens is 2. The van der Waals surface area contributed by atoms with Gasteiger partial charge in [0.2, 0.25) is 5.91 Å². The Morgan fingerprint density at radius 1 is 1.14 bits per heavy atom. The third-order valence-corrected chi connectivity index (χ3v) is 4.71. The summed E-state index contributed by atoms with van der Waals surface area (Å²) in [5, 5.41) is 18.4. The number of nitrogens with one attached hydrogen (secondary N) is 2. The minimum Gasteiger partial charge on any atom is -0.370 e. The molecule has 0 aliphatic heterocycles. The average Bonchev–Trinajstić information content (AvgIpc) is 2.68. The number of thioether (sulfide) groups is 1. The van der Waals surface area contributed by atoms with Gasteiger partial charge in [-0.3, -0.25) is 14.9 Å². The van der Waals surface area contributed by atoms with Gasteiger partial charge >= 0.3 is 0 Å². The summed E-state index contributed by atoms with van der Waals surface area (Å²) in [6.07, 6.45) is 0.184. The van der Waals surface area contributed by atoms with E-state index < -0.39 is 4.92 Å². The molecule has 2 aromatic carbocycles.